The van der Waals surface area contributed by atoms with Crippen molar-refractivity contribution < 1.29 is 4.74 Å². The van der Waals surface area contributed by atoms with E-state index < -0.39 is 0 Å². The van der Waals surface area contributed by atoms with Crippen molar-refractivity contribution in [3.05, 3.63) is 23.8 Å². The first kappa shape index (κ1) is 12.3. The fraction of sp³-hybridized carbons (Fsp3) is 0.417. The van der Waals surface area contributed by atoms with Crippen LogP contribution < -0.4 is 11.1 Å². The minimum Gasteiger partial charge on any atom is -0.398 e. The Hall–Kier alpha value is -1.73. The number of nitrogens with zero attached hydrogens (tertiary/aromatic N) is 1. The number of nitrogens with one attached hydrogen (secondary N) is 1. The average Bonchev–Trinajstić information content (AvgIpc) is 2.29. The average molecular weight is 219 g/mol. The largest absolute Gasteiger partial charge is 0.398 e. The number of nitriles is 1. The minimum absolute atomic E-state index is 0.511. The summed E-state index contributed by atoms with van der Waals surface area (Å²) in [6.07, 6.45) is 0.952. The first-order valence-corrected chi connectivity index (χ1v) is 5.39. The number of nitrogen functional groups attached to an aromatic ring is 1. The number of rotatable bonds is 6. The molecule has 0 atom stereocenters. The molecule has 0 unspecified atom stereocenters. The van der Waals surface area contributed by atoms with E-state index in [1.54, 1.807) is 12.1 Å². The minimum atomic E-state index is 0.511. The molecule has 1 aromatic rings. The predicted molar refractivity (Wildman–Crippen MR) is 65.2 cm³/mol. The molecular formula is C12H17N3O. The summed E-state index contributed by atoms with van der Waals surface area (Å²) in [5.74, 6) is 0. The summed E-state index contributed by atoms with van der Waals surface area (Å²) in [5.41, 5.74) is 7.66. The van der Waals surface area contributed by atoms with Crippen LogP contribution in [0.1, 0.15) is 18.9 Å². The van der Waals surface area contributed by atoms with E-state index in [0.29, 0.717) is 11.3 Å². The molecular weight excluding hydrogens is 202 g/mol. The highest BCUT2D eigenvalue weighted by Crippen LogP contribution is 2.16. The van der Waals surface area contributed by atoms with E-state index in [2.05, 4.69) is 5.32 Å². The maximum atomic E-state index is 8.72. The van der Waals surface area contributed by atoms with Gasteiger partial charge in [0.1, 0.15) is 6.07 Å². The second kappa shape index (κ2) is 6.70. The van der Waals surface area contributed by atoms with Crippen molar-refractivity contribution in [3.63, 3.8) is 0 Å². The zero-order chi connectivity index (χ0) is 11.8. The third-order valence-corrected chi connectivity index (χ3v) is 2.17. The molecule has 0 saturated carbocycles. The third kappa shape index (κ3) is 3.79. The Morgan fingerprint density at radius 2 is 2.31 bits per heavy atom. The van der Waals surface area contributed by atoms with Crippen LogP contribution in [-0.4, -0.2) is 19.8 Å². The fourth-order valence-electron chi connectivity index (χ4n) is 1.33. The molecule has 0 spiro atoms. The Bertz CT molecular complexity index is 371. The van der Waals surface area contributed by atoms with Crippen LogP contribution in [0.5, 0.6) is 0 Å². The molecule has 0 radical (unpaired) electrons. The molecule has 0 aliphatic carbocycles. The summed E-state index contributed by atoms with van der Waals surface area (Å²) in [5, 5.41) is 11.9. The van der Waals surface area contributed by atoms with E-state index in [4.69, 9.17) is 15.7 Å². The highest BCUT2D eigenvalue weighted by Gasteiger charge is 1.98. The highest BCUT2D eigenvalue weighted by molar-refractivity contribution is 5.62. The van der Waals surface area contributed by atoms with E-state index in [1.165, 1.54) is 0 Å². The van der Waals surface area contributed by atoms with Crippen molar-refractivity contribution in [1.29, 1.82) is 5.26 Å². The number of anilines is 2. The predicted octanol–water partition coefficient (Wildman–Crippen LogP) is 1.98. The van der Waals surface area contributed by atoms with E-state index in [0.717, 1.165) is 31.9 Å². The van der Waals surface area contributed by atoms with Gasteiger partial charge in [0, 0.05) is 25.4 Å². The fourth-order valence-corrected chi connectivity index (χ4v) is 1.33. The Labute approximate surface area is 96.0 Å². The quantitative estimate of drug-likeness (QED) is 0.567. The Morgan fingerprint density at radius 3 is 2.94 bits per heavy atom. The third-order valence-electron chi connectivity index (χ3n) is 2.17. The maximum Gasteiger partial charge on any atom is 0.101 e. The van der Waals surface area contributed by atoms with Gasteiger partial charge in [0.2, 0.25) is 0 Å². The standard InChI is InChI=1S/C12H17N3O/c1-2-16-7-3-6-15-11-5-4-10(9-13)12(14)8-11/h4-5,8,15H,2-3,6-7,14H2,1H3. The van der Waals surface area contributed by atoms with Crippen LogP contribution in [0.3, 0.4) is 0 Å². The van der Waals surface area contributed by atoms with Crippen LogP contribution in [0.25, 0.3) is 0 Å². The van der Waals surface area contributed by atoms with Gasteiger partial charge in [-0.2, -0.15) is 5.26 Å². The van der Waals surface area contributed by atoms with Gasteiger partial charge in [-0.15, -0.1) is 0 Å². The summed E-state index contributed by atoms with van der Waals surface area (Å²) < 4.78 is 5.22. The molecule has 1 rings (SSSR count). The lowest BCUT2D eigenvalue weighted by molar-refractivity contribution is 0.147. The van der Waals surface area contributed by atoms with Gasteiger partial charge < -0.3 is 15.8 Å². The summed E-state index contributed by atoms with van der Waals surface area (Å²) in [4.78, 5) is 0. The molecule has 3 N–H and O–H groups in total. The van der Waals surface area contributed by atoms with Crippen LogP contribution in [0.4, 0.5) is 11.4 Å². The Morgan fingerprint density at radius 1 is 1.50 bits per heavy atom. The van der Waals surface area contributed by atoms with Crippen molar-refractivity contribution in [1.82, 2.24) is 0 Å². The SMILES string of the molecule is CCOCCCNc1ccc(C#N)c(N)c1. The molecule has 86 valence electrons. The number of hydrogen-bond acceptors (Lipinski definition) is 4. The summed E-state index contributed by atoms with van der Waals surface area (Å²) in [6.45, 7) is 4.33. The topological polar surface area (TPSA) is 71.1 Å². The van der Waals surface area contributed by atoms with Gasteiger partial charge in [-0.1, -0.05) is 0 Å². The first-order chi connectivity index (χ1) is 7.77. The zero-order valence-corrected chi connectivity index (χ0v) is 9.49. The smallest absolute Gasteiger partial charge is 0.101 e. The molecule has 0 saturated heterocycles. The van der Waals surface area contributed by atoms with E-state index >= 15 is 0 Å². The molecule has 4 nitrogen and oxygen atoms in total. The molecule has 0 heterocycles. The second-order valence-corrected chi connectivity index (χ2v) is 3.39. The van der Waals surface area contributed by atoms with Gasteiger partial charge in [-0.25, -0.2) is 0 Å². The molecule has 16 heavy (non-hydrogen) atoms. The van der Waals surface area contributed by atoms with Gasteiger partial charge in [0.25, 0.3) is 0 Å². The van der Waals surface area contributed by atoms with Crippen LogP contribution in [-0.2, 0) is 4.74 Å². The lowest BCUT2D eigenvalue weighted by atomic mass is 10.2. The van der Waals surface area contributed by atoms with E-state index in [9.17, 15) is 0 Å². The monoisotopic (exact) mass is 219 g/mol. The van der Waals surface area contributed by atoms with Crippen LogP contribution in [0.2, 0.25) is 0 Å². The molecule has 0 bridgehead atoms. The number of ether oxygens (including phenoxy) is 1. The molecule has 0 amide bonds. The van der Waals surface area contributed by atoms with Crippen molar-refractivity contribution in [3.8, 4) is 6.07 Å². The number of nitrogens with two attached hydrogens (primary N) is 1. The van der Waals surface area contributed by atoms with Gasteiger partial charge >= 0.3 is 0 Å². The highest BCUT2D eigenvalue weighted by atomic mass is 16.5. The van der Waals surface area contributed by atoms with Gasteiger partial charge in [-0.3, -0.25) is 0 Å². The molecule has 0 aliphatic heterocycles. The van der Waals surface area contributed by atoms with Crippen LogP contribution >= 0.6 is 0 Å². The Balaban J connectivity index is 2.38. The van der Waals surface area contributed by atoms with Crippen molar-refractivity contribution in [2.24, 2.45) is 0 Å². The van der Waals surface area contributed by atoms with Crippen LogP contribution in [0.15, 0.2) is 18.2 Å². The van der Waals surface area contributed by atoms with Crippen LogP contribution in [0, 0.1) is 11.3 Å². The maximum absolute atomic E-state index is 8.72. The molecule has 0 aromatic heterocycles. The van der Waals surface area contributed by atoms with Crippen molar-refractivity contribution >= 4 is 11.4 Å². The zero-order valence-electron chi connectivity index (χ0n) is 9.49. The van der Waals surface area contributed by atoms with Crippen molar-refractivity contribution in [2.45, 2.75) is 13.3 Å². The summed E-state index contributed by atoms with van der Waals surface area (Å²) in [7, 11) is 0. The lowest BCUT2D eigenvalue weighted by Gasteiger charge is -2.07. The molecule has 1 aromatic carbocycles. The second-order valence-electron chi connectivity index (χ2n) is 3.39. The Kier molecular flexibility index (Phi) is 5.17. The normalized spacial score (nSPS) is 9.75. The van der Waals surface area contributed by atoms with Gasteiger partial charge in [-0.05, 0) is 31.5 Å². The van der Waals surface area contributed by atoms with E-state index in [1.807, 2.05) is 19.1 Å². The van der Waals surface area contributed by atoms with Gasteiger partial charge in [0.05, 0.1) is 11.3 Å². The lowest BCUT2D eigenvalue weighted by Crippen LogP contribution is -2.06. The summed E-state index contributed by atoms with van der Waals surface area (Å²) >= 11 is 0. The van der Waals surface area contributed by atoms with Crippen molar-refractivity contribution in [2.75, 3.05) is 30.8 Å². The summed E-state index contributed by atoms with van der Waals surface area (Å²) in [6, 6.07) is 7.39. The van der Waals surface area contributed by atoms with Gasteiger partial charge in [0.15, 0.2) is 0 Å². The van der Waals surface area contributed by atoms with E-state index in [-0.39, 0.29) is 0 Å². The number of benzene rings is 1. The molecule has 4 heteroatoms. The molecule has 0 fully saturated rings. The first-order valence-electron chi connectivity index (χ1n) is 5.39. The molecule has 0 aliphatic rings. The number of hydrogen-bond donors (Lipinski definition) is 2.